The molecule has 0 saturated carbocycles. The molecule has 0 radical (unpaired) electrons. The van der Waals surface area contributed by atoms with E-state index < -0.39 is 0 Å². The summed E-state index contributed by atoms with van der Waals surface area (Å²) >= 11 is 0. The third-order valence-electron chi connectivity index (χ3n) is 4.53. The van der Waals surface area contributed by atoms with Crippen LogP contribution in [0, 0.1) is 0 Å². The Hall–Kier alpha value is -3.80. The van der Waals surface area contributed by atoms with Crippen LogP contribution in [-0.4, -0.2) is 23.0 Å². The van der Waals surface area contributed by atoms with Crippen LogP contribution in [0.5, 0.6) is 5.75 Å². The van der Waals surface area contributed by atoms with Crippen LogP contribution in [0.3, 0.4) is 0 Å². The molecule has 1 aromatic heterocycles. The third-order valence-corrected chi connectivity index (χ3v) is 4.53. The molecule has 1 amide bonds. The lowest BCUT2D eigenvalue weighted by atomic mass is 10.1. The first-order chi connectivity index (χ1) is 13.6. The van der Waals surface area contributed by atoms with Gasteiger partial charge in [-0.25, -0.2) is 4.98 Å². The number of carbonyl (C=O) groups is 1. The standard InChI is InChI=1S/C22H20N4O2/c1-28-16-10-11-19-20(13-16)25-21(24-19)12-14-6-8-15(9-7-14)22(27)26-18-5-3-2-4-17(18)23/h2-11,13H,12,23H2,1H3,(H,24,25)(H,26,27). The smallest absolute Gasteiger partial charge is 0.255 e. The van der Waals surface area contributed by atoms with Crippen molar-refractivity contribution < 1.29 is 9.53 Å². The summed E-state index contributed by atoms with van der Waals surface area (Å²) in [5.41, 5.74) is 10.5. The highest BCUT2D eigenvalue weighted by molar-refractivity contribution is 6.05. The molecule has 0 bridgehead atoms. The lowest BCUT2D eigenvalue weighted by Gasteiger charge is -2.08. The number of anilines is 2. The van der Waals surface area contributed by atoms with Crippen LogP contribution in [0.2, 0.25) is 0 Å². The fraction of sp³-hybridized carbons (Fsp3) is 0.0909. The number of aromatic nitrogens is 2. The van der Waals surface area contributed by atoms with Crippen molar-refractivity contribution in [3.8, 4) is 5.75 Å². The predicted molar refractivity (Wildman–Crippen MR) is 111 cm³/mol. The molecule has 0 spiro atoms. The minimum absolute atomic E-state index is 0.194. The molecular formula is C22H20N4O2. The third kappa shape index (κ3) is 3.66. The molecule has 0 aliphatic carbocycles. The Labute approximate surface area is 162 Å². The molecule has 28 heavy (non-hydrogen) atoms. The second-order valence-corrected chi connectivity index (χ2v) is 6.48. The van der Waals surface area contributed by atoms with E-state index in [0.29, 0.717) is 23.4 Å². The molecule has 0 unspecified atom stereocenters. The minimum Gasteiger partial charge on any atom is -0.497 e. The summed E-state index contributed by atoms with van der Waals surface area (Å²) in [6.45, 7) is 0. The van der Waals surface area contributed by atoms with E-state index in [9.17, 15) is 4.79 Å². The summed E-state index contributed by atoms with van der Waals surface area (Å²) in [6.07, 6.45) is 0.643. The SMILES string of the molecule is COc1ccc2nc(Cc3ccc(C(=O)Nc4ccccc4N)cc3)[nH]c2c1. The molecule has 6 nitrogen and oxygen atoms in total. The molecule has 3 aromatic carbocycles. The van der Waals surface area contributed by atoms with Gasteiger partial charge in [0, 0.05) is 18.1 Å². The molecule has 0 aliphatic heterocycles. The molecule has 1 heterocycles. The zero-order valence-electron chi connectivity index (χ0n) is 15.4. The number of H-pyrrole nitrogens is 1. The van der Waals surface area contributed by atoms with Crippen LogP contribution in [0.1, 0.15) is 21.7 Å². The van der Waals surface area contributed by atoms with E-state index in [-0.39, 0.29) is 5.91 Å². The maximum absolute atomic E-state index is 12.4. The first kappa shape index (κ1) is 17.6. The van der Waals surface area contributed by atoms with Crippen molar-refractivity contribution in [2.45, 2.75) is 6.42 Å². The van der Waals surface area contributed by atoms with Crippen molar-refractivity contribution in [3.63, 3.8) is 0 Å². The van der Waals surface area contributed by atoms with E-state index in [1.807, 2.05) is 42.5 Å². The number of ether oxygens (including phenoxy) is 1. The van der Waals surface area contributed by atoms with Crippen molar-refractivity contribution >= 4 is 28.3 Å². The number of imidazole rings is 1. The summed E-state index contributed by atoms with van der Waals surface area (Å²) in [4.78, 5) is 20.3. The number of hydrogen-bond donors (Lipinski definition) is 3. The second kappa shape index (κ2) is 7.44. The summed E-state index contributed by atoms with van der Waals surface area (Å²) in [7, 11) is 1.64. The first-order valence-electron chi connectivity index (χ1n) is 8.90. The van der Waals surface area contributed by atoms with E-state index >= 15 is 0 Å². The van der Waals surface area contributed by atoms with Crippen molar-refractivity contribution in [3.05, 3.63) is 83.7 Å². The lowest BCUT2D eigenvalue weighted by molar-refractivity contribution is 0.102. The van der Waals surface area contributed by atoms with Crippen LogP contribution >= 0.6 is 0 Å². The maximum Gasteiger partial charge on any atom is 0.255 e. The molecule has 4 rings (SSSR count). The van der Waals surface area contributed by atoms with E-state index in [4.69, 9.17) is 10.5 Å². The zero-order chi connectivity index (χ0) is 19.5. The minimum atomic E-state index is -0.194. The van der Waals surface area contributed by atoms with Gasteiger partial charge in [0.15, 0.2) is 0 Å². The average molecular weight is 372 g/mol. The molecule has 6 heteroatoms. The van der Waals surface area contributed by atoms with Gasteiger partial charge in [0.25, 0.3) is 5.91 Å². The van der Waals surface area contributed by atoms with Gasteiger partial charge in [-0.2, -0.15) is 0 Å². The summed E-state index contributed by atoms with van der Waals surface area (Å²) in [5, 5.41) is 2.83. The number of nitrogens with two attached hydrogens (primary N) is 1. The molecule has 0 aliphatic rings. The van der Waals surface area contributed by atoms with Crippen LogP contribution < -0.4 is 15.8 Å². The number of hydrogen-bond acceptors (Lipinski definition) is 4. The van der Waals surface area contributed by atoms with Crippen molar-refractivity contribution in [2.75, 3.05) is 18.2 Å². The van der Waals surface area contributed by atoms with Crippen LogP contribution in [-0.2, 0) is 6.42 Å². The topological polar surface area (TPSA) is 93.0 Å². The van der Waals surface area contributed by atoms with Gasteiger partial charge < -0.3 is 20.8 Å². The van der Waals surface area contributed by atoms with E-state index in [1.165, 1.54) is 0 Å². The molecule has 0 fully saturated rings. The Morgan fingerprint density at radius 3 is 2.64 bits per heavy atom. The summed E-state index contributed by atoms with van der Waals surface area (Å²) < 4.78 is 5.24. The Bertz CT molecular complexity index is 1130. The number of methoxy groups -OCH3 is 1. The predicted octanol–water partition coefficient (Wildman–Crippen LogP) is 4.00. The van der Waals surface area contributed by atoms with Crippen LogP contribution in [0.25, 0.3) is 11.0 Å². The number of rotatable bonds is 5. The maximum atomic E-state index is 12.4. The number of nitrogen functional groups attached to an aromatic ring is 1. The zero-order valence-corrected chi connectivity index (χ0v) is 15.4. The highest BCUT2D eigenvalue weighted by Gasteiger charge is 2.09. The molecule has 0 atom stereocenters. The number of fused-ring (bicyclic) bond motifs is 1. The quantitative estimate of drug-likeness (QED) is 0.462. The van der Waals surface area contributed by atoms with Crippen LogP contribution in [0.4, 0.5) is 11.4 Å². The Balaban J connectivity index is 1.47. The van der Waals surface area contributed by atoms with Gasteiger partial charge in [-0.3, -0.25) is 4.79 Å². The number of nitrogens with zero attached hydrogens (tertiary/aromatic N) is 1. The monoisotopic (exact) mass is 372 g/mol. The van der Waals surface area contributed by atoms with E-state index in [0.717, 1.165) is 28.2 Å². The second-order valence-electron chi connectivity index (χ2n) is 6.48. The first-order valence-corrected chi connectivity index (χ1v) is 8.90. The molecule has 0 saturated heterocycles. The lowest BCUT2D eigenvalue weighted by Crippen LogP contribution is -2.13. The van der Waals surface area contributed by atoms with Gasteiger partial charge in [0.2, 0.25) is 0 Å². The summed E-state index contributed by atoms with van der Waals surface area (Å²) in [5.74, 6) is 1.45. The summed E-state index contributed by atoms with van der Waals surface area (Å²) in [6, 6.07) is 20.4. The van der Waals surface area contributed by atoms with Gasteiger partial charge in [-0.05, 0) is 42.0 Å². The normalized spacial score (nSPS) is 10.8. The Morgan fingerprint density at radius 2 is 1.89 bits per heavy atom. The number of amides is 1. The van der Waals surface area contributed by atoms with Crippen molar-refractivity contribution in [2.24, 2.45) is 0 Å². The highest BCUT2D eigenvalue weighted by atomic mass is 16.5. The Kier molecular flexibility index (Phi) is 4.68. The average Bonchev–Trinajstić information content (AvgIpc) is 3.11. The number of para-hydroxylation sites is 2. The Morgan fingerprint density at radius 1 is 1.11 bits per heavy atom. The number of benzene rings is 3. The highest BCUT2D eigenvalue weighted by Crippen LogP contribution is 2.21. The molecule has 4 aromatic rings. The molecule has 140 valence electrons. The van der Waals surface area contributed by atoms with Crippen molar-refractivity contribution in [1.82, 2.24) is 9.97 Å². The van der Waals surface area contributed by atoms with Gasteiger partial charge in [-0.1, -0.05) is 24.3 Å². The number of carbonyl (C=O) groups excluding carboxylic acids is 1. The van der Waals surface area contributed by atoms with Gasteiger partial charge in [0.1, 0.15) is 11.6 Å². The van der Waals surface area contributed by atoms with Gasteiger partial charge in [0.05, 0.1) is 29.5 Å². The van der Waals surface area contributed by atoms with Crippen molar-refractivity contribution in [1.29, 1.82) is 0 Å². The fourth-order valence-corrected chi connectivity index (χ4v) is 3.02. The largest absolute Gasteiger partial charge is 0.497 e. The van der Waals surface area contributed by atoms with Crippen LogP contribution in [0.15, 0.2) is 66.7 Å². The number of nitrogens with one attached hydrogen (secondary N) is 2. The van der Waals surface area contributed by atoms with Gasteiger partial charge >= 0.3 is 0 Å². The number of aromatic amines is 1. The van der Waals surface area contributed by atoms with E-state index in [2.05, 4.69) is 15.3 Å². The van der Waals surface area contributed by atoms with Gasteiger partial charge in [-0.15, -0.1) is 0 Å². The fourth-order valence-electron chi connectivity index (χ4n) is 3.02. The molecular weight excluding hydrogens is 352 g/mol. The molecule has 4 N–H and O–H groups in total. The van der Waals surface area contributed by atoms with E-state index in [1.54, 1.807) is 31.4 Å².